The summed E-state index contributed by atoms with van der Waals surface area (Å²) in [6.45, 7) is 0.0333. The minimum Gasteiger partial charge on any atom is -0.480 e. The van der Waals surface area contributed by atoms with Gasteiger partial charge < -0.3 is 29.9 Å². The van der Waals surface area contributed by atoms with Crippen LogP contribution in [-0.2, 0) is 19.1 Å². The number of aliphatic hydroxyl groups is 1. The number of methoxy groups -OCH3 is 1. The maximum Gasteiger partial charge on any atom is 0.408 e. The third-order valence-corrected chi connectivity index (χ3v) is 5.61. The van der Waals surface area contributed by atoms with Crippen LogP contribution in [0.3, 0.4) is 0 Å². The van der Waals surface area contributed by atoms with E-state index in [9.17, 15) is 19.5 Å². The topological polar surface area (TPSA) is 125 Å². The van der Waals surface area contributed by atoms with Crippen LogP contribution in [0.1, 0.15) is 24.0 Å². The first-order valence-corrected chi connectivity index (χ1v) is 10.5. The number of hydrogen-bond acceptors (Lipinski definition) is 6. The summed E-state index contributed by atoms with van der Waals surface area (Å²) in [5.41, 5.74) is 2.71. The van der Waals surface area contributed by atoms with Crippen molar-refractivity contribution in [3.8, 4) is 11.1 Å². The molecule has 2 amide bonds. The number of alkyl carbamates (subject to hydrolysis) is 1. The minimum absolute atomic E-state index is 0.0621. The summed E-state index contributed by atoms with van der Waals surface area (Å²) in [6.07, 6.45) is -0.830. The molecule has 2 aromatic carbocycles. The zero-order chi connectivity index (χ0) is 24.0. The summed E-state index contributed by atoms with van der Waals surface area (Å²) in [5.74, 6) is -2.09. The number of ether oxygens (including phenoxy) is 2. The van der Waals surface area contributed by atoms with Gasteiger partial charge in [0.05, 0.1) is 13.2 Å². The van der Waals surface area contributed by atoms with Crippen molar-refractivity contribution in [1.29, 1.82) is 0 Å². The number of hydrogen-bond donors (Lipinski definition) is 3. The zero-order valence-corrected chi connectivity index (χ0v) is 18.6. The average Bonchev–Trinajstić information content (AvgIpc) is 3.10. The van der Waals surface area contributed by atoms with Crippen LogP contribution in [0.4, 0.5) is 4.79 Å². The monoisotopic (exact) mass is 456 g/mol. The lowest BCUT2D eigenvalue weighted by Crippen LogP contribution is -2.61. The van der Waals surface area contributed by atoms with Gasteiger partial charge in [0.2, 0.25) is 0 Å². The van der Waals surface area contributed by atoms with E-state index < -0.39 is 36.7 Å². The molecule has 0 aliphatic heterocycles. The number of aliphatic hydroxyl groups excluding tert-OH is 1. The van der Waals surface area contributed by atoms with E-state index in [0.717, 1.165) is 27.2 Å². The molecule has 0 saturated heterocycles. The van der Waals surface area contributed by atoms with Crippen molar-refractivity contribution in [3.63, 3.8) is 0 Å². The molecule has 3 N–H and O–H groups in total. The van der Waals surface area contributed by atoms with Gasteiger partial charge in [-0.15, -0.1) is 0 Å². The molecule has 33 heavy (non-hydrogen) atoms. The molecule has 0 aromatic heterocycles. The normalized spacial score (nSPS) is 14.0. The molecule has 9 nitrogen and oxygen atoms in total. The Morgan fingerprint density at radius 1 is 1.06 bits per heavy atom. The summed E-state index contributed by atoms with van der Waals surface area (Å²) < 4.78 is 10.6. The Hall–Kier alpha value is -3.43. The van der Waals surface area contributed by atoms with Gasteiger partial charge in [-0.3, -0.25) is 9.59 Å². The fraction of sp³-hybridized carbons (Fsp3) is 0.375. The number of nitrogens with one attached hydrogen (secondary N) is 1. The van der Waals surface area contributed by atoms with Crippen LogP contribution in [0.15, 0.2) is 48.5 Å². The molecule has 0 bridgehead atoms. The van der Waals surface area contributed by atoms with Gasteiger partial charge in [-0.05, 0) is 29.2 Å². The van der Waals surface area contributed by atoms with E-state index in [2.05, 4.69) is 5.32 Å². The molecule has 9 heteroatoms. The first kappa shape index (κ1) is 24.2. The van der Waals surface area contributed by atoms with Crippen molar-refractivity contribution < 1.29 is 34.1 Å². The number of aliphatic carboxylic acids is 1. The summed E-state index contributed by atoms with van der Waals surface area (Å²) in [4.78, 5) is 37.8. The van der Waals surface area contributed by atoms with E-state index >= 15 is 0 Å². The molecule has 0 saturated carbocycles. The molecular weight excluding hydrogens is 428 g/mol. The van der Waals surface area contributed by atoms with E-state index in [1.165, 1.54) is 14.0 Å². The standard InChI is InChI=1S/C24H28N2O7/c1-24(15-32-2,22(30)26(11-12-27)13-21(28)29)25-23(31)33-14-20-18-9-5-3-7-16(18)17-8-4-6-10-19(17)20/h3-10,20,27H,11-15H2,1-2H3,(H,25,31)(H,28,29). The Labute approximate surface area is 191 Å². The van der Waals surface area contributed by atoms with Crippen molar-refractivity contribution in [2.75, 3.05) is 40.0 Å². The highest BCUT2D eigenvalue weighted by atomic mass is 16.5. The Morgan fingerprint density at radius 3 is 2.15 bits per heavy atom. The number of benzene rings is 2. The van der Waals surface area contributed by atoms with E-state index in [1.54, 1.807) is 0 Å². The summed E-state index contributed by atoms with van der Waals surface area (Å²) in [6, 6.07) is 15.8. The maximum atomic E-state index is 13.0. The number of fused-ring (bicyclic) bond motifs is 3. The van der Waals surface area contributed by atoms with Crippen LogP contribution in [0.2, 0.25) is 0 Å². The van der Waals surface area contributed by atoms with Crippen molar-refractivity contribution in [1.82, 2.24) is 10.2 Å². The van der Waals surface area contributed by atoms with Gasteiger partial charge in [-0.2, -0.15) is 0 Å². The van der Waals surface area contributed by atoms with E-state index in [-0.39, 0.29) is 25.7 Å². The highest BCUT2D eigenvalue weighted by Gasteiger charge is 2.40. The van der Waals surface area contributed by atoms with Gasteiger partial charge >= 0.3 is 12.1 Å². The third kappa shape index (κ3) is 5.32. The number of carbonyl (C=O) groups is 3. The number of carboxylic acid groups (broad SMARTS) is 1. The first-order valence-electron chi connectivity index (χ1n) is 10.5. The van der Waals surface area contributed by atoms with Crippen LogP contribution >= 0.6 is 0 Å². The molecule has 1 unspecified atom stereocenters. The fourth-order valence-corrected chi connectivity index (χ4v) is 4.19. The fourth-order valence-electron chi connectivity index (χ4n) is 4.19. The summed E-state index contributed by atoms with van der Waals surface area (Å²) >= 11 is 0. The molecule has 0 fully saturated rings. The molecular formula is C24H28N2O7. The largest absolute Gasteiger partial charge is 0.480 e. The molecule has 0 spiro atoms. The van der Waals surface area contributed by atoms with E-state index in [1.807, 2.05) is 48.5 Å². The number of amides is 2. The van der Waals surface area contributed by atoms with Crippen LogP contribution in [-0.4, -0.2) is 78.6 Å². The molecule has 0 heterocycles. The van der Waals surface area contributed by atoms with Gasteiger partial charge in [0, 0.05) is 19.6 Å². The van der Waals surface area contributed by atoms with Gasteiger partial charge in [-0.25, -0.2) is 4.79 Å². The van der Waals surface area contributed by atoms with Gasteiger partial charge in [-0.1, -0.05) is 48.5 Å². The van der Waals surface area contributed by atoms with Gasteiger partial charge in [0.1, 0.15) is 18.7 Å². The summed E-state index contributed by atoms with van der Waals surface area (Å²) in [5, 5.41) is 20.8. The molecule has 2 aromatic rings. The number of carboxylic acids is 1. The van der Waals surface area contributed by atoms with E-state index in [4.69, 9.17) is 14.6 Å². The quantitative estimate of drug-likeness (QED) is 0.498. The second kappa shape index (κ2) is 10.5. The second-order valence-corrected chi connectivity index (χ2v) is 8.06. The van der Waals surface area contributed by atoms with Crippen LogP contribution in [0, 0.1) is 0 Å². The Balaban J connectivity index is 1.73. The molecule has 1 aliphatic carbocycles. The van der Waals surface area contributed by atoms with Crippen LogP contribution < -0.4 is 5.32 Å². The predicted molar refractivity (Wildman–Crippen MR) is 120 cm³/mol. The van der Waals surface area contributed by atoms with Crippen molar-refractivity contribution in [2.24, 2.45) is 0 Å². The molecule has 0 radical (unpaired) electrons. The van der Waals surface area contributed by atoms with Crippen LogP contribution in [0.5, 0.6) is 0 Å². The summed E-state index contributed by atoms with van der Waals surface area (Å²) in [7, 11) is 1.36. The lowest BCUT2D eigenvalue weighted by molar-refractivity contribution is -0.148. The number of nitrogens with zero attached hydrogens (tertiary/aromatic N) is 1. The third-order valence-electron chi connectivity index (χ3n) is 5.61. The Morgan fingerprint density at radius 2 is 1.64 bits per heavy atom. The number of rotatable bonds is 10. The molecule has 176 valence electrons. The van der Waals surface area contributed by atoms with Gasteiger partial charge in [0.15, 0.2) is 0 Å². The highest BCUT2D eigenvalue weighted by molar-refractivity contribution is 5.91. The van der Waals surface area contributed by atoms with Crippen molar-refractivity contribution in [3.05, 3.63) is 59.7 Å². The minimum atomic E-state index is -1.58. The maximum absolute atomic E-state index is 13.0. The molecule has 1 aliphatic rings. The van der Waals surface area contributed by atoms with E-state index in [0.29, 0.717) is 0 Å². The lowest BCUT2D eigenvalue weighted by atomic mass is 9.98. The average molecular weight is 456 g/mol. The Bertz CT molecular complexity index is 980. The van der Waals surface area contributed by atoms with Gasteiger partial charge in [0.25, 0.3) is 5.91 Å². The lowest BCUT2D eigenvalue weighted by Gasteiger charge is -2.33. The van der Waals surface area contributed by atoms with Crippen molar-refractivity contribution in [2.45, 2.75) is 18.4 Å². The highest BCUT2D eigenvalue weighted by Crippen LogP contribution is 2.44. The second-order valence-electron chi connectivity index (χ2n) is 8.06. The SMILES string of the molecule is COCC(C)(NC(=O)OCC1c2ccccc2-c2ccccc21)C(=O)N(CCO)CC(=O)O. The first-order chi connectivity index (χ1) is 15.8. The molecule has 3 rings (SSSR count). The smallest absolute Gasteiger partial charge is 0.408 e. The Kier molecular flexibility index (Phi) is 7.67. The molecule has 1 atom stereocenters. The van der Waals surface area contributed by atoms with Crippen molar-refractivity contribution >= 4 is 18.0 Å². The predicted octanol–water partition coefficient (Wildman–Crippen LogP) is 1.84. The number of carbonyl (C=O) groups excluding carboxylic acids is 2. The zero-order valence-electron chi connectivity index (χ0n) is 18.6. The van der Waals surface area contributed by atoms with Crippen LogP contribution in [0.25, 0.3) is 11.1 Å².